The van der Waals surface area contributed by atoms with E-state index in [2.05, 4.69) is 4.99 Å². The summed E-state index contributed by atoms with van der Waals surface area (Å²) in [5, 5.41) is 8.71. The average Bonchev–Trinajstić information content (AvgIpc) is 3.08. The van der Waals surface area contributed by atoms with Gasteiger partial charge in [0.1, 0.15) is 0 Å². The van der Waals surface area contributed by atoms with Gasteiger partial charge in [-0.15, -0.1) is 0 Å². The minimum absolute atomic E-state index is 0.0353. The molecule has 1 unspecified atom stereocenters. The molecule has 1 atom stereocenters. The van der Waals surface area contributed by atoms with E-state index in [0.29, 0.717) is 23.5 Å². The van der Waals surface area contributed by atoms with E-state index in [-0.39, 0.29) is 25.0 Å². The van der Waals surface area contributed by atoms with Gasteiger partial charge in [0.2, 0.25) is 0 Å². The largest absolute Gasteiger partial charge is 0.493 e. The molecule has 0 bridgehead atoms. The zero-order valence-electron chi connectivity index (χ0n) is 16.5. The summed E-state index contributed by atoms with van der Waals surface area (Å²) in [6.07, 6.45) is 2.94. The molecule has 3 rings (SSSR count). The van der Waals surface area contributed by atoms with Crippen LogP contribution in [0.25, 0.3) is 0 Å². The lowest BCUT2D eigenvalue weighted by Gasteiger charge is -2.23. The highest BCUT2D eigenvalue weighted by Crippen LogP contribution is 2.34. The molecular weight excluding hydrogens is 372 g/mol. The predicted octanol–water partition coefficient (Wildman–Crippen LogP) is 3.21. The fourth-order valence-electron chi connectivity index (χ4n) is 3.43. The van der Waals surface area contributed by atoms with Gasteiger partial charge in [-0.05, 0) is 36.2 Å². The number of carbonyl (C=O) groups is 2. The monoisotopic (exact) mass is 396 g/mol. The molecule has 29 heavy (non-hydrogen) atoms. The van der Waals surface area contributed by atoms with Crippen LogP contribution >= 0.6 is 0 Å². The summed E-state index contributed by atoms with van der Waals surface area (Å²) in [5.74, 6) is -0.101. The number of amides is 1. The molecule has 2 aromatic rings. The Labute approximate surface area is 169 Å². The molecule has 1 aliphatic rings. The highest BCUT2D eigenvalue weighted by molar-refractivity contribution is 6.10. The highest BCUT2D eigenvalue weighted by Gasteiger charge is 2.33. The number of carbonyl (C=O) groups excluding carboxylic acids is 1. The Kier molecular flexibility index (Phi) is 6.49. The quantitative estimate of drug-likeness (QED) is 0.547. The molecule has 1 aliphatic heterocycles. The lowest BCUT2D eigenvalue weighted by Crippen LogP contribution is -2.38. The van der Waals surface area contributed by atoms with Crippen LogP contribution in [0.15, 0.2) is 47.5 Å². The molecule has 0 saturated carbocycles. The van der Waals surface area contributed by atoms with Crippen molar-refractivity contribution in [1.29, 1.82) is 0 Å². The molecule has 7 heteroatoms. The number of aliphatic imine (C=N–C) groups is 1. The zero-order valence-corrected chi connectivity index (χ0v) is 16.5. The number of rotatable bonds is 8. The van der Waals surface area contributed by atoms with Gasteiger partial charge in [-0.25, -0.2) is 0 Å². The number of anilines is 1. The van der Waals surface area contributed by atoms with Crippen molar-refractivity contribution in [2.24, 2.45) is 4.99 Å². The van der Waals surface area contributed by atoms with Gasteiger partial charge in [-0.1, -0.05) is 18.2 Å². The summed E-state index contributed by atoms with van der Waals surface area (Å²) in [7, 11) is 3.20. The molecule has 1 amide bonds. The molecule has 1 heterocycles. The molecule has 2 aromatic carbocycles. The van der Waals surface area contributed by atoms with Crippen LogP contribution in [0.5, 0.6) is 11.5 Å². The second-order valence-electron chi connectivity index (χ2n) is 6.69. The van der Waals surface area contributed by atoms with E-state index in [9.17, 15) is 9.59 Å². The Balaban J connectivity index is 1.82. The van der Waals surface area contributed by atoms with Gasteiger partial charge in [0.25, 0.3) is 5.91 Å². The number of carboxylic acids is 1. The van der Waals surface area contributed by atoms with Crippen molar-refractivity contribution in [2.75, 3.05) is 25.7 Å². The summed E-state index contributed by atoms with van der Waals surface area (Å²) in [5.41, 5.74) is 2.47. The van der Waals surface area contributed by atoms with Crippen molar-refractivity contribution >= 4 is 23.8 Å². The number of ether oxygens (including phenoxy) is 2. The molecule has 0 aliphatic carbocycles. The van der Waals surface area contributed by atoms with Crippen LogP contribution < -0.4 is 14.4 Å². The van der Waals surface area contributed by atoms with Crippen LogP contribution in [-0.4, -0.2) is 50.0 Å². The molecule has 152 valence electrons. The van der Waals surface area contributed by atoms with E-state index in [1.165, 1.54) is 7.11 Å². The third-order valence-corrected chi connectivity index (χ3v) is 4.75. The minimum Gasteiger partial charge on any atom is -0.493 e. The van der Waals surface area contributed by atoms with E-state index in [4.69, 9.17) is 14.6 Å². The molecular formula is C22H24N2O5. The van der Waals surface area contributed by atoms with Crippen LogP contribution in [0.1, 0.15) is 28.8 Å². The zero-order chi connectivity index (χ0) is 20.8. The number of benzene rings is 2. The molecule has 0 saturated heterocycles. The Morgan fingerprint density at radius 3 is 2.76 bits per heavy atom. The van der Waals surface area contributed by atoms with Gasteiger partial charge in [-0.3, -0.25) is 19.5 Å². The van der Waals surface area contributed by atoms with Gasteiger partial charge >= 0.3 is 5.97 Å². The maximum Gasteiger partial charge on any atom is 0.303 e. The fraction of sp³-hybridized carbons (Fsp3) is 0.318. The first-order valence-electron chi connectivity index (χ1n) is 9.41. The van der Waals surface area contributed by atoms with E-state index < -0.39 is 5.97 Å². The summed E-state index contributed by atoms with van der Waals surface area (Å²) in [4.78, 5) is 29.8. The molecule has 1 N–H and O–H groups in total. The fourth-order valence-corrected chi connectivity index (χ4v) is 3.43. The number of methoxy groups -OCH3 is 1. The van der Waals surface area contributed by atoms with Crippen molar-refractivity contribution in [3.05, 3.63) is 53.6 Å². The summed E-state index contributed by atoms with van der Waals surface area (Å²) >= 11 is 0. The number of aliphatic carboxylic acids is 1. The van der Waals surface area contributed by atoms with Crippen LogP contribution in [0, 0.1) is 0 Å². The second kappa shape index (κ2) is 9.23. The van der Waals surface area contributed by atoms with Gasteiger partial charge in [0, 0.05) is 37.4 Å². The Hall–Kier alpha value is -3.35. The standard InChI is InChI=1S/C22H24N2O5/c1-23-14-17-12-15-6-3-4-7-18(15)24(17)22(27)16-9-10-19(20(13-16)28-2)29-11-5-8-21(25)26/h3-4,6-7,9-10,13-14,17H,5,8,11-12H2,1-2H3,(H,25,26). The third-order valence-electron chi connectivity index (χ3n) is 4.75. The van der Waals surface area contributed by atoms with E-state index in [1.807, 2.05) is 24.3 Å². The first-order valence-corrected chi connectivity index (χ1v) is 9.41. The van der Waals surface area contributed by atoms with Crippen molar-refractivity contribution in [1.82, 2.24) is 0 Å². The topological polar surface area (TPSA) is 88.4 Å². The molecule has 7 nitrogen and oxygen atoms in total. The van der Waals surface area contributed by atoms with E-state index in [0.717, 1.165) is 17.7 Å². The van der Waals surface area contributed by atoms with Gasteiger partial charge in [0.05, 0.1) is 19.8 Å². The molecule has 0 aromatic heterocycles. The Bertz CT molecular complexity index is 925. The van der Waals surface area contributed by atoms with Crippen molar-refractivity contribution < 1.29 is 24.2 Å². The average molecular weight is 396 g/mol. The van der Waals surface area contributed by atoms with Crippen molar-refractivity contribution in [3.8, 4) is 11.5 Å². The molecule has 0 radical (unpaired) electrons. The van der Waals surface area contributed by atoms with Crippen molar-refractivity contribution in [2.45, 2.75) is 25.3 Å². The van der Waals surface area contributed by atoms with Crippen LogP contribution in [0.2, 0.25) is 0 Å². The number of nitrogens with zero attached hydrogens (tertiary/aromatic N) is 2. The summed E-state index contributed by atoms with van der Waals surface area (Å²) in [6.45, 7) is 0.254. The Morgan fingerprint density at radius 1 is 1.24 bits per heavy atom. The minimum atomic E-state index is -0.863. The number of carboxylic acid groups (broad SMARTS) is 1. The lowest BCUT2D eigenvalue weighted by atomic mass is 10.1. The third kappa shape index (κ3) is 4.56. The lowest BCUT2D eigenvalue weighted by molar-refractivity contribution is -0.137. The number of hydrogen-bond acceptors (Lipinski definition) is 5. The second-order valence-corrected chi connectivity index (χ2v) is 6.69. The van der Waals surface area contributed by atoms with E-state index >= 15 is 0 Å². The first kappa shape index (κ1) is 20.4. The van der Waals surface area contributed by atoms with E-state index in [1.54, 1.807) is 36.4 Å². The SMILES string of the molecule is CN=CC1Cc2ccccc2N1C(=O)c1ccc(OCCCC(=O)O)c(OC)c1. The first-order chi connectivity index (χ1) is 14.0. The molecule has 0 fully saturated rings. The smallest absolute Gasteiger partial charge is 0.303 e. The highest BCUT2D eigenvalue weighted by atomic mass is 16.5. The Morgan fingerprint density at radius 2 is 2.03 bits per heavy atom. The number of fused-ring (bicyclic) bond motifs is 1. The predicted molar refractivity (Wildman–Crippen MR) is 111 cm³/mol. The van der Waals surface area contributed by atoms with Gasteiger partial charge in [0.15, 0.2) is 11.5 Å². The molecule has 0 spiro atoms. The van der Waals surface area contributed by atoms with Crippen LogP contribution in [0.3, 0.4) is 0 Å². The summed E-state index contributed by atoms with van der Waals surface area (Å²) in [6, 6.07) is 12.7. The maximum atomic E-state index is 13.3. The van der Waals surface area contributed by atoms with Crippen LogP contribution in [-0.2, 0) is 11.2 Å². The normalized spacial score (nSPS) is 15.4. The number of hydrogen-bond donors (Lipinski definition) is 1. The van der Waals surface area contributed by atoms with Gasteiger partial charge < -0.3 is 14.6 Å². The van der Waals surface area contributed by atoms with Crippen molar-refractivity contribution in [3.63, 3.8) is 0 Å². The maximum absolute atomic E-state index is 13.3. The number of para-hydroxylation sites is 1. The van der Waals surface area contributed by atoms with Crippen LogP contribution in [0.4, 0.5) is 5.69 Å². The van der Waals surface area contributed by atoms with Gasteiger partial charge in [-0.2, -0.15) is 0 Å². The summed E-state index contributed by atoms with van der Waals surface area (Å²) < 4.78 is 11.0.